The zero-order valence-electron chi connectivity index (χ0n) is 11.4. The van der Waals surface area contributed by atoms with Gasteiger partial charge in [-0.05, 0) is 45.6 Å². The van der Waals surface area contributed by atoms with Crippen LogP contribution in [0, 0.1) is 13.8 Å². The van der Waals surface area contributed by atoms with Crippen LogP contribution in [-0.4, -0.2) is 34.2 Å². The number of hydrogen-bond donors (Lipinski definition) is 2. The van der Waals surface area contributed by atoms with Crippen LogP contribution in [0.4, 0.5) is 0 Å². The summed E-state index contributed by atoms with van der Waals surface area (Å²) in [5, 5.41) is 14.7. The van der Waals surface area contributed by atoms with Crippen LogP contribution in [0.15, 0.2) is 6.07 Å². The Hall–Kier alpha value is -1.49. The minimum atomic E-state index is -0.0122. The highest BCUT2D eigenvalue weighted by molar-refractivity contribution is 5.95. The molecule has 0 radical (unpaired) electrons. The molecule has 1 aromatic rings. The fourth-order valence-electron chi connectivity index (χ4n) is 3.22. The van der Waals surface area contributed by atoms with Crippen molar-refractivity contribution in [2.24, 2.45) is 0 Å². The quantitative estimate of drug-likeness (QED) is 0.836. The fourth-order valence-corrected chi connectivity index (χ4v) is 3.22. The second kappa shape index (κ2) is 4.89. The molecule has 2 saturated heterocycles. The van der Waals surface area contributed by atoms with Crippen molar-refractivity contribution in [1.82, 2.24) is 20.8 Å². The highest BCUT2D eigenvalue weighted by atomic mass is 16.1. The predicted octanol–water partition coefficient (Wildman–Crippen LogP) is 1.11. The first-order chi connectivity index (χ1) is 9.11. The van der Waals surface area contributed by atoms with Crippen LogP contribution >= 0.6 is 0 Å². The number of amides is 1. The molecule has 0 aliphatic carbocycles. The van der Waals surface area contributed by atoms with E-state index in [2.05, 4.69) is 20.8 Å². The molecule has 2 N–H and O–H groups in total. The molecule has 2 aliphatic rings. The van der Waals surface area contributed by atoms with Crippen LogP contribution in [0.3, 0.4) is 0 Å². The van der Waals surface area contributed by atoms with E-state index in [-0.39, 0.29) is 5.91 Å². The molecule has 0 aromatic carbocycles. The van der Waals surface area contributed by atoms with Gasteiger partial charge in [-0.3, -0.25) is 4.79 Å². The van der Waals surface area contributed by atoms with Gasteiger partial charge in [0.25, 0.3) is 5.91 Å². The Morgan fingerprint density at radius 1 is 1.26 bits per heavy atom. The van der Waals surface area contributed by atoms with Crippen molar-refractivity contribution in [3.63, 3.8) is 0 Å². The van der Waals surface area contributed by atoms with E-state index < -0.39 is 0 Å². The molecule has 19 heavy (non-hydrogen) atoms. The molecule has 102 valence electrons. The predicted molar refractivity (Wildman–Crippen MR) is 71.9 cm³/mol. The smallest absolute Gasteiger partial charge is 0.253 e. The van der Waals surface area contributed by atoms with Crippen LogP contribution in [0.2, 0.25) is 0 Å². The Kier molecular flexibility index (Phi) is 3.22. The summed E-state index contributed by atoms with van der Waals surface area (Å²) in [6, 6.07) is 3.27. The van der Waals surface area contributed by atoms with E-state index in [0.29, 0.717) is 29.4 Å². The number of rotatable bonds is 2. The summed E-state index contributed by atoms with van der Waals surface area (Å²) in [4.78, 5) is 12.3. The van der Waals surface area contributed by atoms with E-state index in [1.54, 1.807) is 0 Å². The summed E-state index contributed by atoms with van der Waals surface area (Å²) in [6.45, 7) is 3.68. The maximum absolute atomic E-state index is 12.3. The third-order valence-electron chi connectivity index (χ3n) is 4.15. The molecule has 1 amide bonds. The van der Waals surface area contributed by atoms with Crippen LogP contribution in [0.1, 0.15) is 47.4 Å². The lowest BCUT2D eigenvalue weighted by molar-refractivity contribution is 0.0922. The van der Waals surface area contributed by atoms with E-state index in [0.717, 1.165) is 18.5 Å². The van der Waals surface area contributed by atoms with Crippen molar-refractivity contribution in [3.8, 4) is 0 Å². The van der Waals surface area contributed by atoms with Crippen LogP contribution in [0.25, 0.3) is 0 Å². The monoisotopic (exact) mass is 260 g/mol. The third-order valence-corrected chi connectivity index (χ3v) is 4.15. The highest BCUT2D eigenvalue weighted by Crippen LogP contribution is 2.26. The zero-order chi connectivity index (χ0) is 13.4. The van der Waals surface area contributed by atoms with Gasteiger partial charge in [0.15, 0.2) is 0 Å². The summed E-state index contributed by atoms with van der Waals surface area (Å²) in [5.41, 5.74) is 2.12. The summed E-state index contributed by atoms with van der Waals surface area (Å²) < 4.78 is 0. The lowest BCUT2D eigenvalue weighted by Crippen LogP contribution is -2.48. The molecule has 3 rings (SSSR count). The van der Waals surface area contributed by atoms with E-state index in [1.807, 2.05) is 19.9 Å². The molecule has 2 fully saturated rings. The molecular formula is C14H20N4O. The normalized spacial score (nSPS) is 29.3. The standard InChI is InChI=1S/C14H20N4O/c1-8-5-13(9(2)18-17-8)14(19)16-12-6-10-3-4-11(7-12)15-10/h5,10-12,15H,3-4,6-7H2,1-2H3,(H,16,19). The van der Waals surface area contributed by atoms with Crippen LogP contribution < -0.4 is 10.6 Å². The van der Waals surface area contributed by atoms with Gasteiger partial charge in [-0.2, -0.15) is 10.2 Å². The van der Waals surface area contributed by atoms with Crippen molar-refractivity contribution in [3.05, 3.63) is 23.0 Å². The molecule has 1 aromatic heterocycles. The second-order valence-corrected chi connectivity index (χ2v) is 5.76. The first-order valence-corrected chi connectivity index (χ1v) is 6.99. The molecule has 2 bridgehead atoms. The van der Waals surface area contributed by atoms with Crippen molar-refractivity contribution < 1.29 is 4.79 Å². The van der Waals surface area contributed by atoms with Crippen molar-refractivity contribution in [2.75, 3.05) is 0 Å². The number of nitrogens with one attached hydrogen (secondary N) is 2. The van der Waals surface area contributed by atoms with E-state index >= 15 is 0 Å². The van der Waals surface area contributed by atoms with Gasteiger partial charge in [0.1, 0.15) is 0 Å². The Morgan fingerprint density at radius 2 is 1.95 bits per heavy atom. The number of carbonyl (C=O) groups is 1. The average Bonchev–Trinajstić information content (AvgIpc) is 2.71. The number of piperidine rings is 1. The zero-order valence-corrected chi connectivity index (χ0v) is 11.4. The molecule has 5 heteroatoms. The Morgan fingerprint density at radius 3 is 2.63 bits per heavy atom. The molecule has 5 nitrogen and oxygen atoms in total. The van der Waals surface area contributed by atoms with E-state index in [4.69, 9.17) is 0 Å². The van der Waals surface area contributed by atoms with Crippen molar-refractivity contribution >= 4 is 5.91 Å². The maximum atomic E-state index is 12.3. The van der Waals surface area contributed by atoms with Crippen LogP contribution in [-0.2, 0) is 0 Å². The molecule has 2 unspecified atom stereocenters. The lowest BCUT2D eigenvalue weighted by Gasteiger charge is -2.29. The van der Waals surface area contributed by atoms with Gasteiger partial charge in [0.2, 0.25) is 0 Å². The van der Waals surface area contributed by atoms with E-state index in [1.165, 1.54) is 12.8 Å². The molecule has 3 heterocycles. The summed E-state index contributed by atoms with van der Waals surface area (Å²) in [6.07, 6.45) is 4.57. The SMILES string of the molecule is Cc1cc(C(=O)NC2CC3CCC(C2)N3)c(C)nn1. The van der Waals surface area contributed by atoms with Crippen molar-refractivity contribution in [1.29, 1.82) is 0 Å². The molecular weight excluding hydrogens is 240 g/mol. The Bertz CT molecular complexity index is 490. The van der Waals surface area contributed by atoms with Gasteiger partial charge in [0.05, 0.1) is 17.0 Å². The van der Waals surface area contributed by atoms with E-state index in [9.17, 15) is 4.79 Å². The molecule has 0 saturated carbocycles. The highest BCUT2D eigenvalue weighted by Gasteiger charge is 2.34. The van der Waals surface area contributed by atoms with Crippen LogP contribution in [0.5, 0.6) is 0 Å². The number of aryl methyl sites for hydroxylation is 2. The first kappa shape index (κ1) is 12.5. The fraction of sp³-hybridized carbons (Fsp3) is 0.643. The Labute approximate surface area is 113 Å². The number of nitrogens with zero attached hydrogens (tertiary/aromatic N) is 2. The summed E-state index contributed by atoms with van der Waals surface area (Å²) in [5.74, 6) is -0.0122. The first-order valence-electron chi connectivity index (χ1n) is 6.99. The van der Waals surface area contributed by atoms with Gasteiger partial charge in [-0.1, -0.05) is 0 Å². The van der Waals surface area contributed by atoms with Crippen molar-refractivity contribution in [2.45, 2.75) is 57.7 Å². The summed E-state index contributed by atoms with van der Waals surface area (Å²) >= 11 is 0. The van der Waals surface area contributed by atoms with Gasteiger partial charge in [-0.25, -0.2) is 0 Å². The number of aromatic nitrogens is 2. The summed E-state index contributed by atoms with van der Waals surface area (Å²) in [7, 11) is 0. The molecule has 0 spiro atoms. The average molecular weight is 260 g/mol. The second-order valence-electron chi connectivity index (χ2n) is 5.76. The number of hydrogen-bond acceptors (Lipinski definition) is 4. The Balaban J connectivity index is 1.69. The minimum Gasteiger partial charge on any atom is -0.349 e. The minimum absolute atomic E-state index is 0.0122. The molecule has 2 atom stereocenters. The van der Waals surface area contributed by atoms with Gasteiger partial charge >= 0.3 is 0 Å². The van der Waals surface area contributed by atoms with Gasteiger partial charge in [-0.15, -0.1) is 0 Å². The van der Waals surface area contributed by atoms with Gasteiger partial charge in [0, 0.05) is 18.1 Å². The third kappa shape index (κ3) is 2.61. The number of fused-ring (bicyclic) bond motifs is 2. The topological polar surface area (TPSA) is 66.9 Å². The van der Waals surface area contributed by atoms with Gasteiger partial charge < -0.3 is 10.6 Å². The number of carbonyl (C=O) groups excluding carboxylic acids is 1. The molecule has 2 aliphatic heterocycles. The largest absolute Gasteiger partial charge is 0.349 e. The maximum Gasteiger partial charge on any atom is 0.253 e. The lowest BCUT2D eigenvalue weighted by atomic mass is 9.99.